The molecule has 0 aliphatic carbocycles. The SMILES string of the molecule is COCCOc1cc(-c2cn[nH]c2)ccc1NC(=O)OCc1cccc(OC)c1. The van der Waals surface area contributed by atoms with E-state index in [0.717, 1.165) is 16.7 Å². The first-order valence-electron chi connectivity index (χ1n) is 9.01. The van der Waals surface area contributed by atoms with Crippen molar-refractivity contribution in [3.8, 4) is 22.6 Å². The summed E-state index contributed by atoms with van der Waals surface area (Å²) in [6.45, 7) is 0.893. The van der Waals surface area contributed by atoms with E-state index in [2.05, 4.69) is 15.5 Å². The summed E-state index contributed by atoms with van der Waals surface area (Å²) >= 11 is 0. The van der Waals surface area contributed by atoms with Crippen molar-refractivity contribution in [1.82, 2.24) is 10.2 Å². The molecule has 3 rings (SSSR count). The van der Waals surface area contributed by atoms with Crippen LogP contribution in [-0.4, -0.2) is 43.7 Å². The van der Waals surface area contributed by atoms with Crippen LogP contribution in [-0.2, 0) is 16.1 Å². The Hall–Kier alpha value is -3.52. The molecule has 1 heterocycles. The van der Waals surface area contributed by atoms with Crippen molar-refractivity contribution >= 4 is 11.8 Å². The van der Waals surface area contributed by atoms with Crippen LogP contribution in [0.4, 0.5) is 10.5 Å². The van der Waals surface area contributed by atoms with Crippen LogP contribution < -0.4 is 14.8 Å². The first-order valence-corrected chi connectivity index (χ1v) is 9.01. The molecule has 1 aromatic heterocycles. The van der Waals surface area contributed by atoms with Crippen molar-refractivity contribution in [2.75, 3.05) is 32.8 Å². The Morgan fingerprint density at radius 3 is 2.76 bits per heavy atom. The zero-order valence-corrected chi connectivity index (χ0v) is 16.3. The first-order chi connectivity index (χ1) is 14.2. The van der Waals surface area contributed by atoms with E-state index in [9.17, 15) is 4.79 Å². The molecular weight excluding hydrogens is 374 g/mol. The van der Waals surface area contributed by atoms with Crippen molar-refractivity contribution in [3.63, 3.8) is 0 Å². The number of carbonyl (C=O) groups excluding carboxylic acids is 1. The molecule has 0 saturated heterocycles. The van der Waals surface area contributed by atoms with Gasteiger partial charge in [-0.3, -0.25) is 10.4 Å². The third-order valence-corrected chi connectivity index (χ3v) is 4.10. The molecule has 0 aliphatic rings. The number of rotatable bonds is 9. The molecule has 0 radical (unpaired) electrons. The number of aromatic amines is 1. The van der Waals surface area contributed by atoms with Gasteiger partial charge in [-0.15, -0.1) is 0 Å². The molecule has 3 aromatic rings. The lowest BCUT2D eigenvalue weighted by Crippen LogP contribution is -2.15. The van der Waals surface area contributed by atoms with Gasteiger partial charge in [0.05, 0.1) is 25.6 Å². The average molecular weight is 397 g/mol. The Morgan fingerprint density at radius 2 is 2.00 bits per heavy atom. The minimum atomic E-state index is -0.583. The average Bonchev–Trinajstić information content (AvgIpc) is 3.28. The maximum Gasteiger partial charge on any atom is 0.412 e. The molecule has 0 bridgehead atoms. The number of hydrogen-bond acceptors (Lipinski definition) is 6. The summed E-state index contributed by atoms with van der Waals surface area (Å²) in [6.07, 6.45) is 2.91. The Labute approximate surface area is 168 Å². The number of anilines is 1. The first kappa shape index (κ1) is 20.2. The summed E-state index contributed by atoms with van der Waals surface area (Å²) in [6, 6.07) is 12.8. The Morgan fingerprint density at radius 1 is 1.10 bits per heavy atom. The number of nitrogens with one attached hydrogen (secondary N) is 2. The van der Waals surface area contributed by atoms with E-state index < -0.39 is 6.09 Å². The summed E-state index contributed by atoms with van der Waals surface area (Å²) in [5, 5.41) is 9.46. The molecule has 2 N–H and O–H groups in total. The molecule has 8 heteroatoms. The van der Waals surface area contributed by atoms with Gasteiger partial charge in [0.25, 0.3) is 0 Å². The van der Waals surface area contributed by atoms with E-state index in [-0.39, 0.29) is 6.61 Å². The van der Waals surface area contributed by atoms with E-state index in [1.54, 1.807) is 32.7 Å². The molecule has 0 aliphatic heterocycles. The molecule has 0 saturated carbocycles. The number of methoxy groups -OCH3 is 2. The summed E-state index contributed by atoms with van der Waals surface area (Å²) in [7, 11) is 3.19. The third kappa shape index (κ3) is 5.73. The van der Waals surface area contributed by atoms with Crippen LogP contribution in [0, 0.1) is 0 Å². The van der Waals surface area contributed by atoms with Crippen molar-refractivity contribution in [3.05, 3.63) is 60.4 Å². The number of hydrogen-bond donors (Lipinski definition) is 2. The van der Waals surface area contributed by atoms with Crippen LogP contribution in [0.5, 0.6) is 11.5 Å². The lowest BCUT2D eigenvalue weighted by atomic mass is 10.1. The molecule has 2 aromatic carbocycles. The van der Waals surface area contributed by atoms with E-state index >= 15 is 0 Å². The van der Waals surface area contributed by atoms with E-state index in [0.29, 0.717) is 30.4 Å². The fourth-order valence-electron chi connectivity index (χ4n) is 2.63. The van der Waals surface area contributed by atoms with E-state index in [4.69, 9.17) is 18.9 Å². The van der Waals surface area contributed by atoms with Crippen LogP contribution >= 0.6 is 0 Å². The van der Waals surface area contributed by atoms with Gasteiger partial charge in [0.2, 0.25) is 0 Å². The third-order valence-electron chi connectivity index (χ3n) is 4.10. The molecular formula is C21H23N3O5. The highest BCUT2D eigenvalue weighted by molar-refractivity contribution is 5.87. The van der Waals surface area contributed by atoms with E-state index in [1.165, 1.54) is 0 Å². The number of carbonyl (C=O) groups is 1. The molecule has 0 spiro atoms. The number of amides is 1. The van der Waals surface area contributed by atoms with E-state index in [1.807, 2.05) is 36.4 Å². The topological polar surface area (TPSA) is 94.7 Å². The van der Waals surface area contributed by atoms with Gasteiger partial charge in [-0.05, 0) is 35.4 Å². The van der Waals surface area contributed by atoms with Gasteiger partial charge in [-0.1, -0.05) is 18.2 Å². The van der Waals surface area contributed by atoms with Gasteiger partial charge >= 0.3 is 6.09 Å². The second kappa shape index (κ2) is 10.1. The van der Waals surface area contributed by atoms with Crippen molar-refractivity contribution < 1.29 is 23.7 Å². The molecule has 0 unspecified atom stereocenters. The van der Waals surface area contributed by atoms with Crippen molar-refractivity contribution in [2.45, 2.75) is 6.61 Å². The molecule has 1 amide bonds. The highest BCUT2D eigenvalue weighted by Crippen LogP contribution is 2.31. The highest BCUT2D eigenvalue weighted by Gasteiger charge is 2.12. The minimum Gasteiger partial charge on any atom is -0.497 e. The maximum absolute atomic E-state index is 12.3. The number of H-pyrrole nitrogens is 1. The molecule has 8 nitrogen and oxygen atoms in total. The highest BCUT2D eigenvalue weighted by atomic mass is 16.5. The second-order valence-electron chi connectivity index (χ2n) is 6.09. The normalized spacial score (nSPS) is 10.4. The van der Waals surface area contributed by atoms with Gasteiger partial charge in [0.15, 0.2) is 0 Å². The predicted molar refractivity (Wildman–Crippen MR) is 108 cm³/mol. The molecule has 152 valence electrons. The Bertz CT molecular complexity index is 928. The van der Waals surface area contributed by atoms with Crippen molar-refractivity contribution in [2.24, 2.45) is 0 Å². The smallest absolute Gasteiger partial charge is 0.412 e. The monoisotopic (exact) mass is 397 g/mol. The fourth-order valence-corrected chi connectivity index (χ4v) is 2.63. The summed E-state index contributed by atoms with van der Waals surface area (Å²) in [4.78, 5) is 12.3. The lowest BCUT2D eigenvalue weighted by Gasteiger charge is -2.14. The van der Waals surface area contributed by atoms with Crippen LogP contribution in [0.2, 0.25) is 0 Å². The fraction of sp³-hybridized carbons (Fsp3) is 0.238. The number of ether oxygens (including phenoxy) is 4. The largest absolute Gasteiger partial charge is 0.497 e. The van der Waals surface area contributed by atoms with Gasteiger partial charge in [-0.25, -0.2) is 4.79 Å². The van der Waals surface area contributed by atoms with Crippen LogP contribution in [0.25, 0.3) is 11.1 Å². The van der Waals surface area contributed by atoms with Gasteiger partial charge in [0.1, 0.15) is 24.7 Å². The van der Waals surface area contributed by atoms with Gasteiger partial charge in [-0.2, -0.15) is 5.10 Å². The van der Waals surface area contributed by atoms with Gasteiger partial charge < -0.3 is 18.9 Å². The summed E-state index contributed by atoms with van der Waals surface area (Å²) in [5.41, 5.74) is 3.14. The lowest BCUT2D eigenvalue weighted by molar-refractivity contribution is 0.146. The number of nitrogens with zero attached hydrogens (tertiary/aromatic N) is 1. The predicted octanol–water partition coefficient (Wildman–Crippen LogP) is 3.86. The number of benzene rings is 2. The molecule has 0 atom stereocenters. The van der Waals surface area contributed by atoms with Crippen LogP contribution in [0.1, 0.15) is 5.56 Å². The van der Waals surface area contributed by atoms with Crippen molar-refractivity contribution in [1.29, 1.82) is 0 Å². The van der Waals surface area contributed by atoms with Crippen LogP contribution in [0.3, 0.4) is 0 Å². The number of aromatic nitrogens is 2. The summed E-state index contributed by atoms with van der Waals surface area (Å²) in [5.74, 6) is 1.22. The standard InChI is InChI=1S/C21H23N3O5/c1-26-8-9-28-20-11-16(17-12-22-23-13-17)6-7-19(20)24-21(25)29-14-15-4-3-5-18(10-15)27-2/h3-7,10-13H,8-9,14H2,1-2H3,(H,22,23)(H,24,25). The maximum atomic E-state index is 12.3. The quantitative estimate of drug-likeness (QED) is 0.533. The zero-order chi connectivity index (χ0) is 20.5. The Balaban J connectivity index is 1.68. The Kier molecular flexibility index (Phi) is 7.07. The van der Waals surface area contributed by atoms with Crippen LogP contribution in [0.15, 0.2) is 54.9 Å². The zero-order valence-electron chi connectivity index (χ0n) is 16.3. The molecule has 29 heavy (non-hydrogen) atoms. The second-order valence-corrected chi connectivity index (χ2v) is 6.09. The minimum absolute atomic E-state index is 0.121. The molecule has 0 fully saturated rings. The summed E-state index contributed by atoms with van der Waals surface area (Å²) < 4.78 is 21.3. The van der Waals surface area contributed by atoms with Gasteiger partial charge in [0, 0.05) is 18.9 Å².